The van der Waals surface area contributed by atoms with E-state index in [9.17, 15) is 4.79 Å². The van der Waals surface area contributed by atoms with Gasteiger partial charge in [0.2, 0.25) is 5.91 Å². The van der Waals surface area contributed by atoms with Crippen molar-refractivity contribution in [2.45, 2.75) is 6.42 Å². The van der Waals surface area contributed by atoms with Gasteiger partial charge < -0.3 is 15.4 Å². The van der Waals surface area contributed by atoms with Crippen LogP contribution < -0.4 is 10.5 Å². The van der Waals surface area contributed by atoms with Crippen molar-refractivity contribution in [1.82, 2.24) is 4.90 Å². The summed E-state index contributed by atoms with van der Waals surface area (Å²) in [5.74, 6) is 0.877. The van der Waals surface area contributed by atoms with Crippen molar-refractivity contribution in [3.05, 3.63) is 29.8 Å². The molecule has 4 heteroatoms. The molecule has 0 fully saturated rings. The smallest absolute Gasteiger partial charge is 0.226 e. The number of carbonyl (C=O) groups is 1. The Kier molecular flexibility index (Phi) is 4.79. The Morgan fingerprint density at radius 2 is 1.94 bits per heavy atom. The fraction of sp³-hybridized carbons (Fsp3) is 0.417. The maximum atomic E-state index is 11.4. The molecule has 0 unspecified atom stereocenters. The highest BCUT2D eigenvalue weighted by Crippen LogP contribution is 2.12. The quantitative estimate of drug-likeness (QED) is 0.796. The van der Waals surface area contributed by atoms with Gasteiger partial charge in [-0.1, -0.05) is 12.1 Å². The molecule has 0 aliphatic heterocycles. The van der Waals surface area contributed by atoms with Crippen molar-refractivity contribution in [1.29, 1.82) is 0 Å². The Labute approximate surface area is 96.0 Å². The Morgan fingerprint density at radius 1 is 1.31 bits per heavy atom. The third-order valence-corrected chi connectivity index (χ3v) is 2.16. The number of benzene rings is 1. The first-order chi connectivity index (χ1) is 7.63. The van der Waals surface area contributed by atoms with Crippen LogP contribution in [0.15, 0.2) is 24.3 Å². The monoisotopic (exact) mass is 222 g/mol. The van der Waals surface area contributed by atoms with Gasteiger partial charge >= 0.3 is 0 Å². The van der Waals surface area contributed by atoms with E-state index in [0.717, 1.165) is 11.3 Å². The lowest BCUT2D eigenvalue weighted by Gasteiger charge is -2.10. The molecule has 0 radical (unpaired) electrons. The van der Waals surface area contributed by atoms with E-state index in [4.69, 9.17) is 10.5 Å². The number of ether oxygens (including phenoxy) is 1. The summed E-state index contributed by atoms with van der Waals surface area (Å²) < 4.78 is 5.34. The Hall–Kier alpha value is -1.55. The van der Waals surface area contributed by atoms with Crippen molar-refractivity contribution in [3.63, 3.8) is 0 Å². The van der Waals surface area contributed by atoms with E-state index in [1.807, 2.05) is 24.3 Å². The van der Waals surface area contributed by atoms with E-state index >= 15 is 0 Å². The molecule has 4 nitrogen and oxygen atoms in total. The molecular weight excluding hydrogens is 204 g/mol. The average molecular weight is 222 g/mol. The molecule has 1 aromatic rings. The van der Waals surface area contributed by atoms with E-state index in [2.05, 4.69) is 0 Å². The minimum absolute atomic E-state index is 0.0932. The molecule has 1 rings (SSSR count). The van der Waals surface area contributed by atoms with E-state index in [1.165, 1.54) is 0 Å². The van der Waals surface area contributed by atoms with Crippen LogP contribution in [0.4, 0.5) is 0 Å². The molecule has 0 saturated carbocycles. The molecule has 0 aliphatic carbocycles. The molecule has 1 amide bonds. The van der Waals surface area contributed by atoms with E-state index < -0.39 is 0 Å². The van der Waals surface area contributed by atoms with Crippen molar-refractivity contribution < 1.29 is 9.53 Å². The maximum absolute atomic E-state index is 11.4. The highest BCUT2D eigenvalue weighted by atomic mass is 16.5. The first-order valence-electron chi connectivity index (χ1n) is 5.25. The first kappa shape index (κ1) is 12.5. The van der Waals surface area contributed by atoms with Crippen LogP contribution in [0.3, 0.4) is 0 Å². The Morgan fingerprint density at radius 3 is 2.44 bits per heavy atom. The molecule has 0 saturated heterocycles. The molecule has 0 atom stereocenters. The SMILES string of the molecule is CN(C)C(=O)Cc1ccc(OCCN)cc1. The van der Waals surface area contributed by atoms with E-state index in [-0.39, 0.29) is 5.91 Å². The predicted molar refractivity (Wildman–Crippen MR) is 63.4 cm³/mol. The second kappa shape index (κ2) is 6.12. The summed E-state index contributed by atoms with van der Waals surface area (Å²) in [5.41, 5.74) is 6.32. The largest absolute Gasteiger partial charge is 0.492 e. The van der Waals surface area contributed by atoms with E-state index in [0.29, 0.717) is 19.6 Å². The number of nitrogens with zero attached hydrogens (tertiary/aromatic N) is 1. The van der Waals surface area contributed by atoms with Crippen LogP contribution in [0, 0.1) is 0 Å². The number of carbonyl (C=O) groups excluding carboxylic acids is 1. The molecule has 0 bridgehead atoms. The first-order valence-corrected chi connectivity index (χ1v) is 5.25. The van der Waals surface area contributed by atoms with Gasteiger partial charge in [-0.15, -0.1) is 0 Å². The number of hydrogen-bond acceptors (Lipinski definition) is 3. The minimum Gasteiger partial charge on any atom is -0.492 e. The van der Waals surface area contributed by atoms with Gasteiger partial charge in [0.05, 0.1) is 6.42 Å². The van der Waals surface area contributed by atoms with Gasteiger partial charge in [-0.2, -0.15) is 0 Å². The summed E-state index contributed by atoms with van der Waals surface area (Å²) in [4.78, 5) is 13.0. The van der Waals surface area contributed by atoms with Crippen LogP contribution in [0.5, 0.6) is 5.75 Å². The van der Waals surface area contributed by atoms with Gasteiger partial charge in [0, 0.05) is 20.6 Å². The highest BCUT2D eigenvalue weighted by molar-refractivity contribution is 5.78. The van der Waals surface area contributed by atoms with Crippen LogP contribution >= 0.6 is 0 Å². The van der Waals surface area contributed by atoms with E-state index in [1.54, 1.807) is 19.0 Å². The van der Waals surface area contributed by atoms with Crippen LogP contribution in [-0.2, 0) is 11.2 Å². The van der Waals surface area contributed by atoms with Crippen LogP contribution in [-0.4, -0.2) is 38.1 Å². The summed E-state index contributed by atoms with van der Waals surface area (Å²) in [7, 11) is 3.50. The summed E-state index contributed by atoms with van der Waals surface area (Å²) >= 11 is 0. The summed E-state index contributed by atoms with van der Waals surface area (Å²) in [6.45, 7) is 1.01. The summed E-state index contributed by atoms with van der Waals surface area (Å²) in [6, 6.07) is 7.50. The minimum atomic E-state index is 0.0932. The van der Waals surface area contributed by atoms with Crippen LogP contribution in [0.25, 0.3) is 0 Å². The van der Waals surface area contributed by atoms with Crippen LogP contribution in [0.1, 0.15) is 5.56 Å². The van der Waals surface area contributed by atoms with Gasteiger partial charge in [0.25, 0.3) is 0 Å². The third kappa shape index (κ3) is 3.90. The van der Waals surface area contributed by atoms with Crippen molar-refractivity contribution in [2.75, 3.05) is 27.2 Å². The lowest BCUT2D eigenvalue weighted by molar-refractivity contribution is -0.127. The predicted octanol–water partition coefficient (Wildman–Crippen LogP) is 0.655. The second-order valence-electron chi connectivity index (χ2n) is 3.75. The molecule has 88 valence electrons. The molecule has 0 aromatic heterocycles. The highest BCUT2D eigenvalue weighted by Gasteiger charge is 2.05. The lowest BCUT2D eigenvalue weighted by atomic mass is 10.1. The van der Waals surface area contributed by atoms with Crippen molar-refractivity contribution >= 4 is 5.91 Å². The fourth-order valence-electron chi connectivity index (χ4n) is 1.21. The molecule has 16 heavy (non-hydrogen) atoms. The standard InChI is InChI=1S/C12H18N2O2/c1-14(2)12(15)9-10-3-5-11(6-4-10)16-8-7-13/h3-6H,7-9,13H2,1-2H3. The third-order valence-electron chi connectivity index (χ3n) is 2.16. The Bertz CT molecular complexity index is 333. The van der Waals surface area contributed by atoms with Crippen LogP contribution in [0.2, 0.25) is 0 Å². The maximum Gasteiger partial charge on any atom is 0.226 e. The van der Waals surface area contributed by atoms with Crippen molar-refractivity contribution in [3.8, 4) is 5.75 Å². The summed E-state index contributed by atoms with van der Waals surface area (Å²) in [5, 5.41) is 0. The number of rotatable bonds is 5. The van der Waals surface area contributed by atoms with Gasteiger partial charge in [0.15, 0.2) is 0 Å². The van der Waals surface area contributed by atoms with Gasteiger partial charge in [-0.3, -0.25) is 4.79 Å². The molecule has 1 aromatic carbocycles. The summed E-state index contributed by atoms with van der Waals surface area (Å²) in [6.07, 6.45) is 0.421. The zero-order valence-electron chi connectivity index (χ0n) is 9.77. The number of nitrogens with two attached hydrogens (primary N) is 1. The Balaban J connectivity index is 2.54. The van der Waals surface area contributed by atoms with Gasteiger partial charge in [0.1, 0.15) is 12.4 Å². The lowest BCUT2D eigenvalue weighted by Crippen LogP contribution is -2.23. The average Bonchev–Trinajstić information content (AvgIpc) is 2.28. The normalized spacial score (nSPS) is 9.94. The fourth-order valence-corrected chi connectivity index (χ4v) is 1.21. The van der Waals surface area contributed by atoms with Gasteiger partial charge in [-0.05, 0) is 17.7 Å². The number of likely N-dealkylation sites (N-methyl/N-ethyl adjacent to an activating group) is 1. The second-order valence-corrected chi connectivity index (χ2v) is 3.75. The topological polar surface area (TPSA) is 55.6 Å². The number of hydrogen-bond donors (Lipinski definition) is 1. The molecule has 2 N–H and O–H groups in total. The molecule has 0 heterocycles. The zero-order valence-corrected chi connectivity index (χ0v) is 9.77. The zero-order chi connectivity index (χ0) is 12.0. The van der Waals surface area contributed by atoms with Crippen molar-refractivity contribution in [2.24, 2.45) is 5.73 Å². The number of amides is 1. The van der Waals surface area contributed by atoms with Gasteiger partial charge in [-0.25, -0.2) is 0 Å². The molecule has 0 aliphatic rings. The molecular formula is C12H18N2O2. The molecule has 0 spiro atoms.